The molecule has 0 aliphatic carbocycles. The van der Waals surface area contributed by atoms with E-state index in [1.165, 1.54) is 0 Å². The Balaban J connectivity index is 0.000000162. The van der Waals surface area contributed by atoms with Crippen LogP contribution in [-0.2, 0) is 19.0 Å². The van der Waals surface area contributed by atoms with Crippen molar-refractivity contribution in [2.75, 3.05) is 26.6 Å². The van der Waals surface area contributed by atoms with Crippen LogP contribution in [0.1, 0.15) is 6.92 Å². The van der Waals surface area contributed by atoms with Gasteiger partial charge in [0.1, 0.15) is 6.79 Å². The fourth-order valence-corrected chi connectivity index (χ4v) is 0.363. The van der Waals surface area contributed by atoms with Crippen LogP contribution in [0.5, 0.6) is 0 Å². The number of carbonyl (C=O) groups excluding carboxylic acids is 1. The highest BCUT2D eigenvalue weighted by atomic mass is 16.7. The van der Waals surface area contributed by atoms with Crippen LogP contribution in [0, 0.1) is 0 Å². The lowest BCUT2D eigenvalue weighted by Gasteiger charge is -1.79. The monoisotopic (exact) mass is 148 g/mol. The van der Waals surface area contributed by atoms with Crippen LogP contribution in [0.4, 0.5) is 0 Å². The minimum Gasteiger partial charge on any atom is -0.468 e. The molecule has 10 heavy (non-hydrogen) atoms. The fraction of sp³-hybridized carbons (Fsp3) is 0.833. The molecule has 0 aromatic heterocycles. The van der Waals surface area contributed by atoms with Crippen LogP contribution in [0.3, 0.4) is 0 Å². The van der Waals surface area contributed by atoms with Crippen LogP contribution in [0.15, 0.2) is 0 Å². The van der Waals surface area contributed by atoms with E-state index < -0.39 is 0 Å². The minimum absolute atomic E-state index is 0.431. The normalized spacial score (nSPS) is 15.3. The third-order valence-corrected chi connectivity index (χ3v) is 0.773. The van der Waals surface area contributed by atoms with Crippen molar-refractivity contribution in [3.63, 3.8) is 0 Å². The van der Waals surface area contributed by atoms with Crippen LogP contribution in [-0.4, -0.2) is 33.1 Å². The molecule has 1 saturated heterocycles. The predicted molar refractivity (Wildman–Crippen MR) is 34.5 cm³/mol. The first-order valence-corrected chi connectivity index (χ1v) is 3.12. The molecule has 1 aliphatic rings. The number of hydrogen-bond donors (Lipinski definition) is 0. The first-order valence-electron chi connectivity index (χ1n) is 3.12. The summed E-state index contributed by atoms with van der Waals surface area (Å²) in [5, 5.41) is 0. The molecular formula is C6H12O4. The Morgan fingerprint density at radius 1 is 1.50 bits per heavy atom. The zero-order chi connectivity index (χ0) is 7.66. The second-order valence-electron chi connectivity index (χ2n) is 1.49. The molecule has 1 rings (SSSR count). The summed E-state index contributed by atoms with van der Waals surface area (Å²) >= 11 is 0. The zero-order valence-corrected chi connectivity index (χ0v) is 6.04. The summed E-state index contributed by atoms with van der Waals surface area (Å²) in [6.07, 6.45) is 0. The van der Waals surface area contributed by atoms with E-state index in [0.717, 1.165) is 13.2 Å². The zero-order valence-electron chi connectivity index (χ0n) is 6.04. The molecule has 60 valence electrons. The molecule has 0 radical (unpaired) electrons. The molecule has 0 saturated carbocycles. The van der Waals surface area contributed by atoms with Crippen LogP contribution in [0.2, 0.25) is 0 Å². The summed E-state index contributed by atoms with van der Waals surface area (Å²) in [5.74, 6) is 0. The van der Waals surface area contributed by atoms with Crippen LogP contribution in [0.25, 0.3) is 0 Å². The summed E-state index contributed by atoms with van der Waals surface area (Å²) in [6, 6.07) is 0. The van der Waals surface area contributed by atoms with E-state index >= 15 is 0 Å². The largest absolute Gasteiger partial charge is 0.468 e. The molecular weight excluding hydrogens is 136 g/mol. The van der Waals surface area contributed by atoms with Gasteiger partial charge in [-0.1, -0.05) is 0 Å². The van der Waals surface area contributed by atoms with E-state index in [1.807, 2.05) is 0 Å². The molecule has 1 fully saturated rings. The SMILES string of the molecule is C1COCO1.CCOC=O. The molecule has 0 aromatic rings. The first kappa shape index (κ1) is 9.39. The van der Waals surface area contributed by atoms with Gasteiger partial charge in [0.2, 0.25) is 0 Å². The quantitative estimate of drug-likeness (QED) is 0.523. The maximum absolute atomic E-state index is 9.18. The van der Waals surface area contributed by atoms with Crippen molar-refractivity contribution in [3.8, 4) is 0 Å². The van der Waals surface area contributed by atoms with Gasteiger partial charge in [0.15, 0.2) is 0 Å². The van der Waals surface area contributed by atoms with Crippen molar-refractivity contribution in [3.05, 3.63) is 0 Å². The maximum Gasteiger partial charge on any atom is 0.293 e. The minimum atomic E-state index is 0.431. The predicted octanol–water partition coefficient (Wildman–Crippen LogP) is 0.170. The average molecular weight is 148 g/mol. The molecule has 1 heterocycles. The molecule has 0 N–H and O–H groups in total. The molecule has 0 spiro atoms. The number of carbonyl (C=O) groups is 1. The van der Waals surface area contributed by atoms with E-state index in [1.54, 1.807) is 6.92 Å². The Morgan fingerprint density at radius 2 is 2.10 bits per heavy atom. The van der Waals surface area contributed by atoms with Crippen LogP contribution >= 0.6 is 0 Å². The highest BCUT2D eigenvalue weighted by Crippen LogP contribution is 1.85. The van der Waals surface area contributed by atoms with Gasteiger partial charge in [-0.2, -0.15) is 0 Å². The number of rotatable bonds is 2. The maximum atomic E-state index is 9.18. The molecule has 4 nitrogen and oxygen atoms in total. The van der Waals surface area contributed by atoms with E-state index in [4.69, 9.17) is 9.47 Å². The third kappa shape index (κ3) is 7.39. The van der Waals surface area contributed by atoms with Gasteiger partial charge in [-0.15, -0.1) is 0 Å². The summed E-state index contributed by atoms with van der Waals surface area (Å²) < 4.78 is 13.6. The molecule has 4 heteroatoms. The first-order chi connectivity index (χ1) is 4.91. The van der Waals surface area contributed by atoms with E-state index in [0.29, 0.717) is 19.9 Å². The summed E-state index contributed by atoms with van der Waals surface area (Å²) in [4.78, 5) is 9.18. The van der Waals surface area contributed by atoms with Gasteiger partial charge in [-0.05, 0) is 6.92 Å². The van der Waals surface area contributed by atoms with E-state index in [9.17, 15) is 4.79 Å². The van der Waals surface area contributed by atoms with Gasteiger partial charge in [0.05, 0.1) is 19.8 Å². The van der Waals surface area contributed by atoms with Crippen molar-refractivity contribution in [2.24, 2.45) is 0 Å². The Labute approximate surface area is 60.1 Å². The van der Waals surface area contributed by atoms with Gasteiger partial charge in [-0.3, -0.25) is 4.79 Å². The molecule has 0 aromatic carbocycles. The molecule has 1 aliphatic heterocycles. The molecule has 0 amide bonds. The molecule has 0 bridgehead atoms. The second kappa shape index (κ2) is 8.39. The highest BCUT2D eigenvalue weighted by molar-refractivity contribution is 5.36. The topological polar surface area (TPSA) is 44.8 Å². The summed E-state index contributed by atoms with van der Waals surface area (Å²) in [6.45, 7) is 4.72. The summed E-state index contributed by atoms with van der Waals surface area (Å²) in [7, 11) is 0. The van der Waals surface area contributed by atoms with Gasteiger partial charge >= 0.3 is 0 Å². The molecule has 0 unspecified atom stereocenters. The van der Waals surface area contributed by atoms with Gasteiger partial charge in [-0.25, -0.2) is 0 Å². The van der Waals surface area contributed by atoms with Crippen molar-refractivity contribution in [2.45, 2.75) is 6.92 Å². The lowest BCUT2D eigenvalue weighted by atomic mass is 10.8. The van der Waals surface area contributed by atoms with Crippen molar-refractivity contribution in [1.29, 1.82) is 0 Å². The van der Waals surface area contributed by atoms with Gasteiger partial charge < -0.3 is 14.2 Å². The van der Waals surface area contributed by atoms with Crippen LogP contribution < -0.4 is 0 Å². The molecule has 0 atom stereocenters. The standard InChI is InChI=1S/2C3H6O2/c1-2-5-3-4-1;1-2-5-3-4/h1-3H2;3H,2H2,1H3. The van der Waals surface area contributed by atoms with Gasteiger partial charge in [0.25, 0.3) is 6.47 Å². The Kier molecular flexibility index (Phi) is 7.88. The van der Waals surface area contributed by atoms with E-state index in [-0.39, 0.29) is 0 Å². The van der Waals surface area contributed by atoms with Crippen molar-refractivity contribution >= 4 is 6.47 Å². The smallest absolute Gasteiger partial charge is 0.293 e. The fourth-order valence-electron chi connectivity index (χ4n) is 0.363. The average Bonchev–Trinajstić information content (AvgIpc) is 2.44. The second-order valence-corrected chi connectivity index (χ2v) is 1.49. The Morgan fingerprint density at radius 3 is 2.20 bits per heavy atom. The lowest BCUT2D eigenvalue weighted by Crippen LogP contribution is -1.80. The number of ether oxygens (including phenoxy) is 3. The van der Waals surface area contributed by atoms with E-state index in [2.05, 4.69) is 4.74 Å². The number of hydrogen-bond acceptors (Lipinski definition) is 4. The highest BCUT2D eigenvalue weighted by Gasteiger charge is 1.93. The van der Waals surface area contributed by atoms with Gasteiger partial charge in [0, 0.05) is 0 Å². The van der Waals surface area contributed by atoms with Crippen molar-refractivity contribution in [1.82, 2.24) is 0 Å². The Hall–Kier alpha value is -0.610. The lowest BCUT2D eigenvalue weighted by molar-refractivity contribution is -0.128. The van der Waals surface area contributed by atoms with Crippen molar-refractivity contribution < 1.29 is 19.0 Å². The third-order valence-electron chi connectivity index (χ3n) is 0.773. The Bertz CT molecular complexity index is 62.5. The summed E-state index contributed by atoms with van der Waals surface area (Å²) in [5.41, 5.74) is 0.